The molecule has 0 radical (unpaired) electrons. The number of halogens is 1. The first-order chi connectivity index (χ1) is 11.5. The highest BCUT2D eigenvalue weighted by molar-refractivity contribution is 6.04. The average molecular weight is 337 g/mol. The zero-order valence-electron chi connectivity index (χ0n) is 15.0. The number of methoxy groups -OCH3 is 1. The maximum Gasteiger partial charge on any atom is 0.291 e. The molecule has 0 fully saturated rings. The van der Waals surface area contributed by atoms with Gasteiger partial charge in [0.1, 0.15) is 5.82 Å². The van der Waals surface area contributed by atoms with Crippen molar-refractivity contribution in [3.63, 3.8) is 0 Å². The third-order valence-corrected chi connectivity index (χ3v) is 3.86. The molecule has 1 atom stereocenters. The van der Waals surface area contributed by atoms with E-state index in [9.17, 15) is 9.18 Å². The fourth-order valence-corrected chi connectivity index (χ4v) is 2.36. The number of hydrogen-bond acceptors (Lipinski definition) is 4. The third kappa shape index (κ3) is 6.66. The summed E-state index contributed by atoms with van der Waals surface area (Å²) in [4.78, 5) is 18.8. The second kappa shape index (κ2) is 10.8. The lowest BCUT2D eigenvalue weighted by Gasteiger charge is -2.18. The summed E-state index contributed by atoms with van der Waals surface area (Å²) in [6.45, 7) is 9.36. The standard InChI is InChI=1S/C18H28FN3O2/c1-5-22(6-2)13-9-10-14(3)20-18(24-4)21-17(23)15-11-7-8-12-16(15)19/h7-8,11-12,14H,5-6,9-10,13H2,1-4H3,(H,20,21,23)/t14-/m0/s1. The Morgan fingerprint density at radius 3 is 2.58 bits per heavy atom. The Labute approximate surface area is 143 Å². The van der Waals surface area contributed by atoms with E-state index in [1.807, 2.05) is 6.92 Å². The molecule has 0 aliphatic heterocycles. The highest BCUT2D eigenvalue weighted by Gasteiger charge is 2.14. The largest absolute Gasteiger partial charge is 0.468 e. The molecule has 1 rings (SSSR count). The number of nitrogens with zero attached hydrogens (tertiary/aromatic N) is 2. The van der Waals surface area contributed by atoms with E-state index in [4.69, 9.17) is 4.74 Å². The molecule has 0 aliphatic rings. The van der Waals surface area contributed by atoms with E-state index in [0.29, 0.717) is 0 Å². The van der Waals surface area contributed by atoms with Gasteiger partial charge in [-0.05, 0) is 51.5 Å². The molecule has 1 aromatic rings. The second-order valence-corrected chi connectivity index (χ2v) is 5.59. The molecule has 0 aliphatic carbocycles. The van der Waals surface area contributed by atoms with Crippen LogP contribution in [0, 0.1) is 5.82 Å². The van der Waals surface area contributed by atoms with Gasteiger partial charge in [-0.1, -0.05) is 26.0 Å². The number of benzene rings is 1. The van der Waals surface area contributed by atoms with Crippen molar-refractivity contribution in [2.75, 3.05) is 26.7 Å². The van der Waals surface area contributed by atoms with Crippen LogP contribution in [0.4, 0.5) is 4.39 Å². The van der Waals surface area contributed by atoms with Crippen LogP contribution in [0.25, 0.3) is 0 Å². The third-order valence-electron chi connectivity index (χ3n) is 3.86. The number of aliphatic imine (C=N–C) groups is 1. The number of ether oxygens (including phenoxy) is 1. The molecule has 0 aromatic heterocycles. The van der Waals surface area contributed by atoms with Gasteiger partial charge in [-0.25, -0.2) is 9.38 Å². The Bertz CT molecular complexity index is 545. The molecule has 6 heteroatoms. The number of rotatable bonds is 8. The minimum absolute atomic E-state index is 0.0106. The summed E-state index contributed by atoms with van der Waals surface area (Å²) < 4.78 is 18.7. The lowest BCUT2D eigenvalue weighted by molar-refractivity contribution is 0.0964. The summed E-state index contributed by atoms with van der Waals surface area (Å²) in [5.41, 5.74) is -0.0311. The van der Waals surface area contributed by atoms with Gasteiger partial charge in [-0.3, -0.25) is 10.1 Å². The molecule has 1 amide bonds. The summed E-state index contributed by atoms with van der Waals surface area (Å²) in [7, 11) is 1.43. The number of hydrogen-bond donors (Lipinski definition) is 1. The van der Waals surface area contributed by atoms with Crippen LogP contribution >= 0.6 is 0 Å². The van der Waals surface area contributed by atoms with Crippen LogP contribution < -0.4 is 5.32 Å². The molecular weight excluding hydrogens is 309 g/mol. The zero-order valence-corrected chi connectivity index (χ0v) is 15.0. The van der Waals surface area contributed by atoms with Gasteiger partial charge in [0.25, 0.3) is 11.9 Å². The molecule has 0 bridgehead atoms. The monoisotopic (exact) mass is 337 g/mol. The number of carbonyl (C=O) groups excluding carboxylic acids is 1. The normalized spacial score (nSPS) is 13.0. The summed E-state index contributed by atoms with van der Waals surface area (Å²) in [5.74, 6) is -1.14. The van der Waals surface area contributed by atoms with E-state index in [1.165, 1.54) is 25.3 Å². The number of nitrogens with one attached hydrogen (secondary N) is 1. The average Bonchev–Trinajstić information content (AvgIpc) is 2.58. The van der Waals surface area contributed by atoms with Crippen LogP contribution in [0.5, 0.6) is 0 Å². The molecule has 0 unspecified atom stereocenters. The Kier molecular flexibility index (Phi) is 9.01. The van der Waals surface area contributed by atoms with Gasteiger partial charge in [0.2, 0.25) is 0 Å². The van der Waals surface area contributed by atoms with Gasteiger partial charge in [0, 0.05) is 0 Å². The van der Waals surface area contributed by atoms with Crippen LogP contribution in [-0.2, 0) is 4.74 Å². The predicted octanol–water partition coefficient (Wildman–Crippen LogP) is 3.07. The van der Waals surface area contributed by atoms with Crippen LogP contribution in [0.2, 0.25) is 0 Å². The van der Waals surface area contributed by atoms with E-state index < -0.39 is 11.7 Å². The Morgan fingerprint density at radius 2 is 2.00 bits per heavy atom. The highest BCUT2D eigenvalue weighted by Crippen LogP contribution is 2.07. The molecule has 0 saturated heterocycles. The number of amidine groups is 1. The maximum atomic E-state index is 13.6. The van der Waals surface area contributed by atoms with Crippen LogP contribution in [0.1, 0.15) is 44.0 Å². The summed E-state index contributed by atoms with van der Waals surface area (Å²) in [6.07, 6.45) is 1.91. The molecule has 1 N–H and O–H groups in total. The lowest BCUT2D eigenvalue weighted by Crippen LogP contribution is -2.33. The van der Waals surface area contributed by atoms with Gasteiger partial charge in [0.15, 0.2) is 0 Å². The van der Waals surface area contributed by atoms with Crippen molar-refractivity contribution in [2.24, 2.45) is 4.99 Å². The first-order valence-electron chi connectivity index (χ1n) is 8.41. The first-order valence-corrected chi connectivity index (χ1v) is 8.41. The summed E-state index contributed by atoms with van der Waals surface area (Å²) >= 11 is 0. The lowest BCUT2D eigenvalue weighted by atomic mass is 10.2. The van der Waals surface area contributed by atoms with Gasteiger partial charge in [0.05, 0.1) is 18.7 Å². The van der Waals surface area contributed by atoms with E-state index >= 15 is 0 Å². The van der Waals surface area contributed by atoms with Gasteiger partial charge >= 0.3 is 0 Å². The van der Waals surface area contributed by atoms with Gasteiger partial charge in [-0.15, -0.1) is 0 Å². The SMILES string of the molecule is CCN(CC)CCC[C@H](C)N=C(NC(=O)c1ccccc1F)OC. The first kappa shape index (κ1) is 20.1. The predicted molar refractivity (Wildman–Crippen MR) is 94.8 cm³/mol. The molecule has 0 spiro atoms. The summed E-state index contributed by atoms with van der Waals surface area (Å²) in [6, 6.07) is 5.93. The van der Waals surface area contributed by atoms with Crippen molar-refractivity contribution in [2.45, 2.75) is 39.7 Å². The fourth-order valence-electron chi connectivity index (χ4n) is 2.36. The molecule has 134 valence electrons. The topological polar surface area (TPSA) is 53.9 Å². The van der Waals surface area contributed by atoms with E-state index in [-0.39, 0.29) is 17.6 Å². The molecule has 0 heterocycles. The Morgan fingerprint density at radius 1 is 1.33 bits per heavy atom. The van der Waals surface area contributed by atoms with Crippen molar-refractivity contribution in [3.8, 4) is 0 Å². The second-order valence-electron chi connectivity index (χ2n) is 5.59. The molecule has 0 saturated carbocycles. The smallest absolute Gasteiger partial charge is 0.291 e. The fraction of sp³-hybridized carbons (Fsp3) is 0.556. The summed E-state index contributed by atoms with van der Waals surface area (Å²) in [5, 5.41) is 2.51. The Balaban J connectivity index is 2.56. The van der Waals surface area contributed by atoms with E-state index in [0.717, 1.165) is 32.5 Å². The van der Waals surface area contributed by atoms with Gasteiger partial charge < -0.3 is 9.64 Å². The van der Waals surface area contributed by atoms with Crippen LogP contribution in [0.3, 0.4) is 0 Å². The molecule has 1 aromatic carbocycles. The van der Waals surface area contributed by atoms with Crippen molar-refractivity contribution >= 4 is 11.9 Å². The molecular formula is C18H28FN3O2. The number of amides is 1. The van der Waals surface area contributed by atoms with Gasteiger partial charge in [-0.2, -0.15) is 0 Å². The van der Waals surface area contributed by atoms with Crippen LogP contribution in [0.15, 0.2) is 29.3 Å². The Hall–Kier alpha value is -1.95. The van der Waals surface area contributed by atoms with E-state index in [1.54, 1.807) is 6.07 Å². The quantitative estimate of drug-likeness (QED) is 0.586. The van der Waals surface area contributed by atoms with Crippen molar-refractivity contribution in [1.29, 1.82) is 0 Å². The minimum Gasteiger partial charge on any atom is -0.468 e. The highest BCUT2D eigenvalue weighted by atomic mass is 19.1. The van der Waals surface area contributed by atoms with Crippen molar-refractivity contribution in [1.82, 2.24) is 10.2 Å². The van der Waals surface area contributed by atoms with E-state index in [2.05, 4.69) is 29.1 Å². The zero-order chi connectivity index (χ0) is 17.9. The maximum absolute atomic E-state index is 13.6. The number of carbonyl (C=O) groups is 1. The molecule has 5 nitrogen and oxygen atoms in total. The van der Waals surface area contributed by atoms with Crippen LogP contribution in [-0.4, -0.2) is 49.6 Å². The van der Waals surface area contributed by atoms with Crippen molar-refractivity contribution in [3.05, 3.63) is 35.6 Å². The molecule has 24 heavy (non-hydrogen) atoms. The minimum atomic E-state index is -0.572. The van der Waals surface area contributed by atoms with Crippen molar-refractivity contribution < 1.29 is 13.9 Å².